The highest BCUT2D eigenvalue weighted by Crippen LogP contribution is 2.00. The number of aromatic nitrogens is 1. The van der Waals surface area contributed by atoms with Crippen molar-refractivity contribution in [1.82, 2.24) is 4.98 Å². The Labute approximate surface area is 59.1 Å². The highest BCUT2D eigenvalue weighted by Gasteiger charge is 1.91. The van der Waals surface area contributed by atoms with Crippen molar-refractivity contribution in [2.24, 2.45) is 0 Å². The van der Waals surface area contributed by atoms with Crippen LogP contribution in [0.1, 0.15) is 0 Å². The van der Waals surface area contributed by atoms with E-state index in [2.05, 4.69) is 10.3 Å². The SMILES string of the molecule is [CH]C(=O)Nc1cccnc1. The van der Waals surface area contributed by atoms with Crippen LogP contribution in [0.5, 0.6) is 0 Å². The standard InChI is InChI=1S/C7H6N2O/c1-6(10)9-7-3-2-4-8-5-7/h1-5H,(H,9,10). The smallest absolute Gasteiger partial charge is 0.229 e. The van der Waals surface area contributed by atoms with Gasteiger partial charge in [0.1, 0.15) is 0 Å². The van der Waals surface area contributed by atoms with Crippen LogP contribution in [0.2, 0.25) is 0 Å². The quantitative estimate of drug-likeness (QED) is 0.615. The number of carbonyl (C=O) groups excluding carboxylic acids is 1. The van der Waals surface area contributed by atoms with Gasteiger partial charge in [-0.25, -0.2) is 0 Å². The van der Waals surface area contributed by atoms with Crippen LogP contribution in [0.15, 0.2) is 24.5 Å². The summed E-state index contributed by atoms with van der Waals surface area (Å²) < 4.78 is 0. The van der Waals surface area contributed by atoms with Gasteiger partial charge in [0.2, 0.25) is 5.91 Å². The van der Waals surface area contributed by atoms with Crippen LogP contribution in [-0.4, -0.2) is 10.9 Å². The molecule has 1 rings (SSSR count). The van der Waals surface area contributed by atoms with Gasteiger partial charge in [-0.1, -0.05) is 0 Å². The van der Waals surface area contributed by atoms with E-state index in [9.17, 15) is 4.79 Å². The second kappa shape index (κ2) is 2.96. The normalized spacial score (nSPS) is 8.90. The van der Waals surface area contributed by atoms with E-state index in [1.54, 1.807) is 18.3 Å². The lowest BCUT2D eigenvalue weighted by Crippen LogP contribution is -2.05. The van der Waals surface area contributed by atoms with E-state index in [0.29, 0.717) is 5.69 Å². The fourth-order valence-electron chi connectivity index (χ4n) is 0.579. The van der Waals surface area contributed by atoms with E-state index in [1.165, 1.54) is 6.20 Å². The Morgan fingerprint density at radius 1 is 1.70 bits per heavy atom. The molecule has 0 aliphatic heterocycles. The van der Waals surface area contributed by atoms with Crippen LogP contribution in [0.3, 0.4) is 0 Å². The first-order valence-electron chi connectivity index (χ1n) is 2.75. The predicted molar refractivity (Wildman–Crippen MR) is 37.2 cm³/mol. The van der Waals surface area contributed by atoms with Crippen molar-refractivity contribution in [3.63, 3.8) is 0 Å². The Hall–Kier alpha value is -1.38. The highest BCUT2D eigenvalue weighted by molar-refractivity contribution is 5.93. The fourth-order valence-corrected chi connectivity index (χ4v) is 0.579. The summed E-state index contributed by atoms with van der Waals surface area (Å²) in [7, 11) is 0. The van der Waals surface area contributed by atoms with E-state index >= 15 is 0 Å². The summed E-state index contributed by atoms with van der Waals surface area (Å²) in [6, 6.07) is 3.42. The van der Waals surface area contributed by atoms with Crippen LogP contribution >= 0.6 is 0 Å². The van der Waals surface area contributed by atoms with Crippen LogP contribution in [-0.2, 0) is 4.79 Å². The third-order valence-electron chi connectivity index (χ3n) is 0.929. The molecule has 10 heavy (non-hydrogen) atoms. The Bertz CT molecular complexity index is 220. The topological polar surface area (TPSA) is 42.0 Å². The number of amides is 1. The molecule has 0 aromatic carbocycles. The maximum absolute atomic E-state index is 10.3. The molecular weight excluding hydrogens is 128 g/mol. The first-order chi connectivity index (χ1) is 4.79. The Morgan fingerprint density at radius 2 is 2.50 bits per heavy atom. The molecule has 50 valence electrons. The number of hydrogen-bond donors (Lipinski definition) is 1. The summed E-state index contributed by atoms with van der Waals surface area (Å²) in [6.45, 7) is 4.85. The minimum absolute atomic E-state index is 0.576. The summed E-state index contributed by atoms with van der Waals surface area (Å²) in [5.41, 5.74) is 0.606. The van der Waals surface area contributed by atoms with Crippen LogP contribution in [0, 0.1) is 6.92 Å². The molecule has 0 fully saturated rings. The van der Waals surface area contributed by atoms with Crippen LogP contribution in [0.25, 0.3) is 0 Å². The summed E-state index contributed by atoms with van der Waals surface area (Å²) >= 11 is 0. The maximum Gasteiger partial charge on any atom is 0.229 e. The third-order valence-corrected chi connectivity index (χ3v) is 0.929. The largest absolute Gasteiger partial charge is 0.324 e. The number of nitrogens with one attached hydrogen (secondary N) is 1. The summed E-state index contributed by atoms with van der Waals surface area (Å²) in [6.07, 6.45) is 3.14. The fraction of sp³-hybridized carbons (Fsp3) is 0. The van der Waals surface area contributed by atoms with Crippen molar-refractivity contribution in [3.8, 4) is 0 Å². The Kier molecular flexibility index (Phi) is 1.99. The third kappa shape index (κ3) is 1.85. The van der Waals surface area contributed by atoms with Crippen molar-refractivity contribution in [2.45, 2.75) is 0 Å². The minimum Gasteiger partial charge on any atom is -0.324 e. The van der Waals surface area contributed by atoms with Gasteiger partial charge in [0.25, 0.3) is 0 Å². The molecule has 0 aliphatic rings. The zero-order valence-corrected chi connectivity index (χ0v) is 5.24. The molecule has 1 heterocycles. The Balaban J connectivity index is 2.67. The van der Waals surface area contributed by atoms with Gasteiger partial charge in [0.15, 0.2) is 0 Å². The van der Waals surface area contributed by atoms with Crippen molar-refractivity contribution in [3.05, 3.63) is 31.5 Å². The Morgan fingerprint density at radius 3 is 3.00 bits per heavy atom. The van der Waals surface area contributed by atoms with Gasteiger partial charge in [-0.3, -0.25) is 9.78 Å². The van der Waals surface area contributed by atoms with E-state index in [-0.39, 0.29) is 0 Å². The molecule has 0 atom stereocenters. The first kappa shape index (κ1) is 6.74. The van der Waals surface area contributed by atoms with Crippen LogP contribution < -0.4 is 5.32 Å². The molecule has 0 bridgehead atoms. The zero-order chi connectivity index (χ0) is 7.40. The minimum atomic E-state index is -0.576. The second-order valence-electron chi connectivity index (χ2n) is 1.73. The van der Waals surface area contributed by atoms with Gasteiger partial charge < -0.3 is 5.32 Å². The first-order valence-corrected chi connectivity index (χ1v) is 2.75. The van der Waals surface area contributed by atoms with Gasteiger partial charge >= 0.3 is 0 Å². The molecular formula is C7H6N2O. The molecule has 3 nitrogen and oxygen atoms in total. The molecule has 1 amide bonds. The van der Waals surface area contributed by atoms with Gasteiger partial charge in [0, 0.05) is 6.20 Å². The molecule has 0 spiro atoms. The molecule has 3 heteroatoms. The molecule has 2 radical (unpaired) electrons. The van der Waals surface area contributed by atoms with E-state index < -0.39 is 5.91 Å². The summed E-state index contributed by atoms with van der Waals surface area (Å²) in [5, 5.41) is 2.38. The zero-order valence-electron chi connectivity index (χ0n) is 5.24. The number of carbonyl (C=O) groups is 1. The molecule has 1 N–H and O–H groups in total. The number of hydrogen-bond acceptors (Lipinski definition) is 2. The molecule has 0 aliphatic carbocycles. The van der Waals surface area contributed by atoms with E-state index in [4.69, 9.17) is 6.92 Å². The van der Waals surface area contributed by atoms with Crippen LogP contribution in [0.4, 0.5) is 5.69 Å². The van der Waals surface area contributed by atoms with Crippen molar-refractivity contribution in [1.29, 1.82) is 0 Å². The van der Waals surface area contributed by atoms with Gasteiger partial charge in [0.05, 0.1) is 18.8 Å². The summed E-state index contributed by atoms with van der Waals surface area (Å²) in [5.74, 6) is -0.576. The van der Waals surface area contributed by atoms with Crippen molar-refractivity contribution >= 4 is 11.6 Å². The lowest BCUT2D eigenvalue weighted by atomic mass is 10.4. The molecule has 1 aromatic heterocycles. The van der Waals surface area contributed by atoms with Gasteiger partial charge in [-0.05, 0) is 12.1 Å². The molecule has 0 saturated heterocycles. The van der Waals surface area contributed by atoms with E-state index in [1.807, 2.05) is 0 Å². The summed E-state index contributed by atoms with van der Waals surface area (Å²) in [4.78, 5) is 14.0. The maximum atomic E-state index is 10.3. The average molecular weight is 134 g/mol. The molecule has 1 aromatic rings. The molecule has 0 saturated carbocycles. The van der Waals surface area contributed by atoms with Gasteiger partial charge in [-0.2, -0.15) is 0 Å². The van der Waals surface area contributed by atoms with Crippen molar-refractivity contribution in [2.75, 3.05) is 5.32 Å². The van der Waals surface area contributed by atoms with Crippen molar-refractivity contribution < 1.29 is 4.79 Å². The average Bonchev–Trinajstić information content (AvgIpc) is 1.88. The lowest BCUT2D eigenvalue weighted by Gasteiger charge is -1.97. The highest BCUT2D eigenvalue weighted by atomic mass is 16.1. The second-order valence-corrected chi connectivity index (χ2v) is 1.73. The monoisotopic (exact) mass is 134 g/mol. The number of anilines is 1. The molecule has 0 unspecified atom stereocenters. The number of pyridine rings is 1. The number of nitrogens with zero attached hydrogens (tertiary/aromatic N) is 1. The predicted octanol–water partition coefficient (Wildman–Crippen LogP) is 0.731. The van der Waals surface area contributed by atoms with E-state index in [0.717, 1.165) is 0 Å². The van der Waals surface area contributed by atoms with Gasteiger partial charge in [-0.15, -0.1) is 0 Å². The number of rotatable bonds is 1. The lowest BCUT2D eigenvalue weighted by molar-refractivity contribution is -0.112.